The smallest absolute Gasteiger partial charge is 0.00199 e. The Balaban J connectivity index is 1.09. The second-order valence-electron chi connectivity index (χ2n) is 19.8. The lowest BCUT2D eigenvalue weighted by Crippen LogP contribution is -1.95. The highest BCUT2D eigenvalue weighted by Gasteiger charge is 2.24. The maximum absolute atomic E-state index is 2.49. The Bertz CT molecular complexity index is 4180. The molecule has 0 saturated heterocycles. The summed E-state index contributed by atoms with van der Waals surface area (Å²) in [4.78, 5) is 0. The molecule has 0 atom stereocenters. The summed E-state index contributed by atoms with van der Waals surface area (Å²) in [5, 5.41) is 9.75. The fraction of sp³-hybridized carbons (Fsp3) is 0. The molecule has 0 bridgehead atoms. The molecule has 14 rings (SSSR count). The molecule has 0 N–H and O–H groups in total. The molecule has 0 aromatic heterocycles. The van der Waals surface area contributed by atoms with Crippen LogP contribution in [0.1, 0.15) is 0 Å². The number of fused-ring (bicyclic) bond motifs is 4. The molecule has 0 fully saturated rings. The quantitative estimate of drug-likeness (QED) is 0.126. The molecule has 0 radical (unpaired) electrons. The minimum Gasteiger partial charge on any atom is -0.0622 e. The van der Waals surface area contributed by atoms with Crippen LogP contribution in [0.3, 0.4) is 0 Å². The van der Waals surface area contributed by atoms with Crippen LogP contribution in [0.5, 0.6) is 0 Å². The van der Waals surface area contributed by atoms with Crippen molar-refractivity contribution in [3.05, 3.63) is 303 Å². The molecule has 0 spiro atoms. The lowest BCUT2D eigenvalue weighted by Gasteiger charge is -2.23. The van der Waals surface area contributed by atoms with Crippen LogP contribution in [0.25, 0.3) is 143 Å². The summed E-state index contributed by atoms with van der Waals surface area (Å²) in [7, 11) is 0. The first-order chi connectivity index (χ1) is 37.8. The van der Waals surface area contributed by atoms with Crippen molar-refractivity contribution in [3.63, 3.8) is 0 Å². The van der Waals surface area contributed by atoms with Crippen LogP contribution in [-0.4, -0.2) is 0 Å². The van der Waals surface area contributed by atoms with Gasteiger partial charge >= 0.3 is 0 Å². The van der Waals surface area contributed by atoms with E-state index in [4.69, 9.17) is 0 Å². The van der Waals surface area contributed by atoms with Gasteiger partial charge in [0.25, 0.3) is 0 Å². The van der Waals surface area contributed by atoms with E-state index in [0.29, 0.717) is 0 Å². The van der Waals surface area contributed by atoms with E-state index in [0.717, 1.165) is 11.1 Å². The van der Waals surface area contributed by atoms with E-state index in [1.807, 2.05) is 0 Å². The lowest BCUT2D eigenvalue weighted by molar-refractivity contribution is 1.59. The summed E-state index contributed by atoms with van der Waals surface area (Å²) < 4.78 is 0. The van der Waals surface area contributed by atoms with Gasteiger partial charge < -0.3 is 0 Å². The maximum atomic E-state index is 2.49. The molecule has 0 nitrogen and oxygen atoms in total. The Hall–Kier alpha value is -9.88. The first-order valence-electron chi connectivity index (χ1n) is 26.3. The van der Waals surface area contributed by atoms with Crippen LogP contribution in [0.2, 0.25) is 0 Å². The third-order valence-corrected chi connectivity index (χ3v) is 15.5. The second-order valence-corrected chi connectivity index (χ2v) is 19.8. The molecule has 0 aliphatic heterocycles. The van der Waals surface area contributed by atoms with Crippen LogP contribution >= 0.6 is 0 Å². The molecular weight excluding hydrogens is 913 g/mol. The van der Waals surface area contributed by atoms with E-state index in [9.17, 15) is 0 Å². The van der Waals surface area contributed by atoms with Gasteiger partial charge in [0, 0.05) is 0 Å². The van der Waals surface area contributed by atoms with Crippen molar-refractivity contribution >= 4 is 43.1 Å². The normalized spacial score (nSPS) is 11.4. The highest BCUT2D eigenvalue weighted by molar-refractivity contribution is 6.26. The Labute approximate surface area is 444 Å². The summed E-state index contributed by atoms with van der Waals surface area (Å²) in [6.45, 7) is 0. The summed E-state index contributed by atoms with van der Waals surface area (Å²) in [6, 6.07) is 112. The van der Waals surface area contributed by atoms with Crippen LogP contribution in [0.15, 0.2) is 303 Å². The van der Waals surface area contributed by atoms with E-state index in [-0.39, 0.29) is 0 Å². The van der Waals surface area contributed by atoms with Crippen molar-refractivity contribution < 1.29 is 0 Å². The van der Waals surface area contributed by atoms with Gasteiger partial charge in [-0.2, -0.15) is 0 Å². The van der Waals surface area contributed by atoms with E-state index < -0.39 is 0 Å². The molecule has 0 aliphatic rings. The van der Waals surface area contributed by atoms with E-state index in [2.05, 4.69) is 303 Å². The standard InChI is InChI=1S/C76H50/c1-5-25-51(26-6-1)57-33-13-17-37-61(57)73-65-41-21-23-43-67(65)75(63-39-19-15-35-59(63)53-29-9-3-10-30-53)71-49-55(45-47-69(71)73)56-46-48-70-72(50-56)76(64-40-20-16-36-60(64)54-31-11-4-12-32-54)68-44-24-22-42-66(68)74(70)62-38-18-14-34-58(62)52-27-7-2-8-28-52/h1-50H. The van der Waals surface area contributed by atoms with Crippen LogP contribution < -0.4 is 0 Å². The fourth-order valence-corrected chi connectivity index (χ4v) is 12.2. The van der Waals surface area contributed by atoms with E-state index in [1.54, 1.807) is 0 Å². The fourth-order valence-electron chi connectivity index (χ4n) is 12.2. The van der Waals surface area contributed by atoms with Crippen LogP contribution in [0.4, 0.5) is 0 Å². The molecule has 354 valence electrons. The van der Waals surface area contributed by atoms with E-state index >= 15 is 0 Å². The zero-order chi connectivity index (χ0) is 50.4. The Morgan fingerprint density at radius 1 is 0.118 bits per heavy atom. The molecule has 0 unspecified atom stereocenters. The van der Waals surface area contributed by atoms with Crippen molar-refractivity contribution in [1.29, 1.82) is 0 Å². The number of benzene rings is 14. The molecule has 0 aliphatic carbocycles. The van der Waals surface area contributed by atoms with Gasteiger partial charge in [-0.3, -0.25) is 0 Å². The van der Waals surface area contributed by atoms with Gasteiger partial charge in [-0.05, 0) is 155 Å². The van der Waals surface area contributed by atoms with Crippen LogP contribution in [0, 0.1) is 0 Å². The second kappa shape index (κ2) is 19.2. The number of hydrogen-bond donors (Lipinski definition) is 0. The zero-order valence-corrected chi connectivity index (χ0v) is 41.9. The number of rotatable bonds is 9. The molecule has 0 amide bonds. The van der Waals surface area contributed by atoms with Gasteiger partial charge in [0.15, 0.2) is 0 Å². The molecule has 0 saturated carbocycles. The third kappa shape index (κ3) is 7.70. The molecule has 0 heteroatoms. The van der Waals surface area contributed by atoms with Crippen molar-refractivity contribution in [2.24, 2.45) is 0 Å². The first-order valence-corrected chi connectivity index (χ1v) is 26.3. The third-order valence-electron chi connectivity index (χ3n) is 15.5. The lowest BCUT2D eigenvalue weighted by atomic mass is 9.80. The Morgan fingerprint density at radius 2 is 0.316 bits per heavy atom. The molecule has 76 heavy (non-hydrogen) atoms. The minimum absolute atomic E-state index is 1.16. The monoisotopic (exact) mass is 962 g/mol. The van der Waals surface area contributed by atoms with Crippen molar-refractivity contribution in [1.82, 2.24) is 0 Å². The van der Waals surface area contributed by atoms with Gasteiger partial charge in [0.2, 0.25) is 0 Å². The molecule has 0 heterocycles. The van der Waals surface area contributed by atoms with Gasteiger partial charge in [-0.25, -0.2) is 0 Å². The first kappa shape index (κ1) is 44.8. The highest BCUT2D eigenvalue weighted by Crippen LogP contribution is 2.51. The average Bonchev–Trinajstić information content (AvgIpc) is 3.51. The zero-order valence-electron chi connectivity index (χ0n) is 41.9. The summed E-state index contributed by atoms with van der Waals surface area (Å²) in [5.41, 5.74) is 21.7. The van der Waals surface area contributed by atoms with Crippen molar-refractivity contribution in [2.75, 3.05) is 0 Å². The predicted octanol–water partition coefficient (Wildman–Crippen LogP) is 21.3. The topological polar surface area (TPSA) is 0 Å². The van der Waals surface area contributed by atoms with Gasteiger partial charge in [0.1, 0.15) is 0 Å². The largest absolute Gasteiger partial charge is 0.0622 e. The predicted molar refractivity (Wildman–Crippen MR) is 325 cm³/mol. The molecule has 14 aromatic rings. The van der Waals surface area contributed by atoms with Gasteiger partial charge in [0.05, 0.1) is 0 Å². The number of hydrogen-bond acceptors (Lipinski definition) is 0. The summed E-state index contributed by atoms with van der Waals surface area (Å²) in [6.07, 6.45) is 0. The molecule has 14 aromatic carbocycles. The summed E-state index contributed by atoms with van der Waals surface area (Å²) in [5.74, 6) is 0. The molecular formula is C76H50. The van der Waals surface area contributed by atoms with E-state index in [1.165, 1.54) is 132 Å². The Kier molecular flexibility index (Phi) is 11.3. The van der Waals surface area contributed by atoms with Gasteiger partial charge in [-0.15, -0.1) is 0 Å². The van der Waals surface area contributed by atoms with Crippen molar-refractivity contribution in [3.8, 4) is 100 Å². The minimum atomic E-state index is 1.16. The SMILES string of the molecule is c1ccc(-c2ccccc2-c2c3ccccc3c(-c3ccccc3-c3ccccc3)c3cc(-c4ccc5c(-c6ccccc6-c6ccccc6)c6ccccc6c(-c6ccccc6-c6ccccc6)c5c4)ccc23)cc1. The average molecular weight is 963 g/mol. The van der Waals surface area contributed by atoms with Crippen LogP contribution in [-0.2, 0) is 0 Å². The highest BCUT2D eigenvalue weighted by atomic mass is 14.3. The summed E-state index contributed by atoms with van der Waals surface area (Å²) >= 11 is 0. The van der Waals surface area contributed by atoms with Crippen molar-refractivity contribution in [2.45, 2.75) is 0 Å². The Morgan fingerprint density at radius 3 is 0.579 bits per heavy atom. The van der Waals surface area contributed by atoms with Gasteiger partial charge in [-0.1, -0.05) is 291 Å². The maximum Gasteiger partial charge on any atom is -0.00199 e.